The van der Waals surface area contributed by atoms with Gasteiger partial charge >= 0.3 is 0 Å². The van der Waals surface area contributed by atoms with Gasteiger partial charge in [0.1, 0.15) is 0 Å². The monoisotopic (exact) mass is 334 g/mol. The minimum atomic E-state index is 1.06. The van der Waals surface area contributed by atoms with Crippen LogP contribution >= 0.6 is 12.6 Å². The van der Waals surface area contributed by atoms with Crippen LogP contribution in [0.15, 0.2) is 29.2 Å². The van der Waals surface area contributed by atoms with Gasteiger partial charge in [-0.3, -0.25) is 0 Å². The lowest BCUT2D eigenvalue weighted by Gasteiger charge is -2.04. The molecule has 0 aliphatic carbocycles. The number of rotatable bonds is 15. The van der Waals surface area contributed by atoms with Crippen molar-refractivity contribution in [3.05, 3.63) is 29.8 Å². The maximum Gasteiger partial charge on any atom is 0.00401 e. The number of hydrogen-bond acceptors (Lipinski definition) is 1. The summed E-state index contributed by atoms with van der Waals surface area (Å²) in [4.78, 5) is 1.06. The Morgan fingerprint density at radius 1 is 0.565 bits per heavy atom. The molecule has 1 rings (SSSR count). The molecule has 0 aliphatic rings. The zero-order chi connectivity index (χ0) is 16.6. The zero-order valence-corrected chi connectivity index (χ0v) is 16.3. The molecule has 0 N–H and O–H groups in total. The maximum atomic E-state index is 4.33. The second-order valence-electron chi connectivity index (χ2n) is 7.01. The van der Waals surface area contributed by atoms with E-state index in [-0.39, 0.29) is 0 Å². The quantitative estimate of drug-likeness (QED) is 0.244. The fraction of sp³-hybridized carbons (Fsp3) is 0.727. The molecule has 132 valence electrons. The Kier molecular flexibility index (Phi) is 13.6. The first kappa shape index (κ1) is 20.6. The van der Waals surface area contributed by atoms with Crippen molar-refractivity contribution in [1.82, 2.24) is 0 Å². The molecule has 0 heterocycles. The van der Waals surface area contributed by atoms with E-state index < -0.39 is 0 Å². The summed E-state index contributed by atoms with van der Waals surface area (Å²) in [6, 6.07) is 8.62. The summed E-state index contributed by atoms with van der Waals surface area (Å²) in [5, 5.41) is 0. The molecule has 0 aliphatic heterocycles. The number of benzene rings is 1. The summed E-state index contributed by atoms with van der Waals surface area (Å²) in [6.07, 6.45) is 21.3. The van der Waals surface area contributed by atoms with Crippen molar-refractivity contribution in [2.24, 2.45) is 0 Å². The third kappa shape index (κ3) is 12.6. The van der Waals surface area contributed by atoms with E-state index in [1.54, 1.807) is 0 Å². The summed E-state index contributed by atoms with van der Waals surface area (Å²) >= 11 is 4.33. The van der Waals surface area contributed by atoms with E-state index in [1.807, 2.05) is 0 Å². The van der Waals surface area contributed by atoms with Crippen molar-refractivity contribution >= 4 is 12.6 Å². The molecule has 23 heavy (non-hydrogen) atoms. The highest BCUT2D eigenvalue weighted by Crippen LogP contribution is 2.14. The van der Waals surface area contributed by atoms with E-state index in [2.05, 4.69) is 43.8 Å². The van der Waals surface area contributed by atoms with E-state index in [0.29, 0.717) is 0 Å². The molecule has 0 aromatic heterocycles. The fourth-order valence-corrected chi connectivity index (χ4v) is 3.34. The first-order valence-electron chi connectivity index (χ1n) is 10.1. The minimum Gasteiger partial charge on any atom is -0.143 e. The van der Waals surface area contributed by atoms with Gasteiger partial charge in [-0.05, 0) is 30.5 Å². The summed E-state index contributed by atoms with van der Waals surface area (Å²) in [5.74, 6) is 0. The molecule has 1 aromatic rings. The molecule has 0 saturated heterocycles. The van der Waals surface area contributed by atoms with Crippen molar-refractivity contribution in [2.45, 2.75) is 108 Å². The van der Waals surface area contributed by atoms with Crippen LogP contribution in [0.1, 0.15) is 102 Å². The van der Waals surface area contributed by atoms with Crippen molar-refractivity contribution in [2.75, 3.05) is 0 Å². The van der Waals surface area contributed by atoms with Gasteiger partial charge in [0.15, 0.2) is 0 Å². The Morgan fingerprint density at radius 2 is 0.957 bits per heavy atom. The van der Waals surface area contributed by atoms with Gasteiger partial charge in [-0.2, -0.15) is 0 Å². The van der Waals surface area contributed by atoms with Gasteiger partial charge in [0.2, 0.25) is 0 Å². The van der Waals surface area contributed by atoms with Crippen LogP contribution in [0, 0.1) is 0 Å². The lowest BCUT2D eigenvalue weighted by molar-refractivity contribution is 0.535. The average Bonchev–Trinajstić information content (AvgIpc) is 2.57. The maximum absolute atomic E-state index is 4.33. The van der Waals surface area contributed by atoms with Gasteiger partial charge in [0.05, 0.1) is 0 Å². The summed E-state index contributed by atoms with van der Waals surface area (Å²) in [5.41, 5.74) is 1.46. The average molecular weight is 335 g/mol. The van der Waals surface area contributed by atoms with Gasteiger partial charge < -0.3 is 0 Å². The lowest BCUT2D eigenvalue weighted by atomic mass is 10.0. The molecular weight excluding hydrogens is 296 g/mol. The summed E-state index contributed by atoms with van der Waals surface area (Å²) in [7, 11) is 0. The predicted molar refractivity (Wildman–Crippen MR) is 108 cm³/mol. The highest BCUT2D eigenvalue weighted by Gasteiger charge is 1.96. The van der Waals surface area contributed by atoms with Crippen LogP contribution in [0.2, 0.25) is 0 Å². The first-order chi connectivity index (χ1) is 11.3. The molecule has 0 atom stereocenters. The third-order valence-electron chi connectivity index (χ3n) is 4.76. The van der Waals surface area contributed by atoms with Crippen LogP contribution in [0.5, 0.6) is 0 Å². The minimum absolute atomic E-state index is 1.06. The Morgan fingerprint density at radius 3 is 1.39 bits per heavy atom. The van der Waals surface area contributed by atoms with Crippen LogP contribution in [0.4, 0.5) is 0 Å². The smallest absolute Gasteiger partial charge is 0.00401 e. The number of unbranched alkanes of at least 4 members (excludes halogenated alkanes) is 13. The molecule has 0 radical (unpaired) electrons. The Hall–Kier alpha value is -0.430. The van der Waals surface area contributed by atoms with Gasteiger partial charge in [0, 0.05) is 4.90 Å². The normalized spacial score (nSPS) is 11.0. The molecular formula is C22H38S. The van der Waals surface area contributed by atoms with E-state index in [9.17, 15) is 0 Å². The molecule has 0 bridgehead atoms. The van der Waals surface area contributed by atoms with Crippen molar-refractivity contribution in [3.63, 3.8) is 0 Å². The topological polar surface area (TPSA) is 0 Å². The molecule has 0 fully saturated rings. The van der Waals surface area contributed by atoms with Crippen molar-refractivity contribution in [1.29, 1.82) is 0 Å². The molecule has 0 unspecified atom stereocenters. The van der Waals surface area contributed by atoms with Crippen LogP contribution < -0.4 is 0 Å². The SMILES string of the molecule is CCCCCCCCCCCCCCCCc1ccc(S)cc1. The zero-order valence-electron chi connectivity index (χ0n) is 15.4. The van der Waals surface area contributed by atoms with Gasteiger partial charge in [0.25, 0.3) is 0 Å². The van der Waals surface area contributed by atoms with Gasteiger partial charge in [-0.1, -0.05) is 103 Å². The molecule has 0 spiro atoms. The Balaban J connectivity index is 1.77. The molecule has 0 amide bonds. The van der Waals surface area contributed by atoms with Crippen molar-refractivity contribution in [3.8, 4) is 0 Å². The van der Waals surface area contributed by atoms with Crippen LogP contribution in [-0.2, 0) is 6.42 Å². The molecule has 1 heteroatoms. The first-order valence-corrected chi connectivity index (χ1v) is 10.6. The Labute approximate surface area is 150 Å². The van der Waals surface area contributed by atoms with Crippen molar-refractivity contribution < 1.29 is 0 Å². The molecule has 1 aromatic carbocycles. The highest BCUT2D eigenvalue weighted by atomic mass is 32.1. The van der Waals surface area contributed by atoms with Crippen LogP contribution in [0.3, 0.4) is 0 Å². The van der Waals surface area contributed by atoms with Gasteiger partial charge in [-0.15, -0.1) is 12.6 Å². The standard InChI is InChI=1S/C22H38S/c1-2-3-4-5-6-7-8-9-10-11-12-13-14-15-16-21-17-19-22(23)20-18-21/h17-20,23H,2-16H2,1H3. The number of hydrogen-bond donors (Lipinski definition) is 1. The van der Waals surface area contributed by atoms with E-state index in [4.69, 9.17) is 0 Å². The van der Waals surface area contributed by atoms with E-state index in [0.717, 1.165) is 4.90 Å². The second-order valence-corrected chi connectivity index (χ2v) is 7.53. The Bertz CT molecular complexity index is 355. The highest BCUT2D eigenvalue weighted by molar-refractivity contribution is 7.80. The number of aryl methyl sites for hydroxylation is 1. The molecule has 0 saturated carbocycles. The largest absolute Gasteiger partial charge is 0.143 e. The van der Waals surface area contributed by atoms with E-state index >= 15 is 0 Å². The fourth-order valence-electron chi connectivity index (χ4n) is 3.19. The lowest BCUT2D eigenvalue weighted by Crippen LogP contribution is -1.86. The number of thiol groups is 1. The molecule has 0 nitrogen and oxygen atoms in total. The summed E-state index contributed by atoms with van der Waals surface area (Å²) < 4.78 is 0. The predicted octanol–water partition coefficient (Wildman–Crippen LogP) is 8.00. The van der Waals surface area contributed by atoms with E-state index in [1.165, 1.54) is 102 Å². The van der Waals surface area contributed by atoms with Crippen LogP contribution in [-0.4, -0.2) is 0 Å². The second kappa shape index (κ2) is 15.1. The van der Waals surface area contributed by atoms with Crippen LogP contribution in [0.25, 0.3) is 0 Å². The van der Waals surface area contributed by atoms with Gasteiger partial charge in [-0.25, -0.2) is 0 Å². The summed E-state index contributed by atoms with van der Waals surface area (Å²) in [6.45, 7) is 2.29. The third-order valence-corrected chi connectivity index (χ3v) is 5.05.